The Morgan fingerprint density at radius 3 is 2.50 bits per heavy atom. The normalized spacial score (nSPS) is 19.7. The molecule has 0 radical (unpaired) electrons. The molecule has 1 aliphatic heterocycles. The number of methoxy groups -OCH3 is 1. The van der Waals surface area contributed by atoms with Crippen molar-refractivity contribution in [1.29, 1.82) is 0 Å². The van der Waals surface area contributed by atoms with Crippen LogP contribution in [0.15, 0.2) is 70.4 Å². The molecule has 1 saturated heterocycles. The highest BCUT2D eigenvalue weighted by atomic mass is 19.1. The highest BCUT2D eigenvalue weighted by Gasteiger charge is 2.38. The van der Waals surface area contributed by atoms with Crippen LogP contribution in [-0.2, 0) is 16.0 Å². The second-order valence-electron chi connectivity index (χ2n) is 7.77. The number of halogens is 2. The molecule has 0 aliphatic carbocycles. The molecular weight excluding hydrogens is 450 g/mol. The molecule has 0 bridgehead atoms. The van der Waals surface area contributed by atoms with Crippen molar-refractivity contribution in [1.82, 2.24) is 9.13 Å². The van der Waals surface area contributed by atoms with Crippen LogP contribution in [0, 0.1) is 5.82 Å². The van der Waals surface area contributed by atoms with Crippen molar-refractivity contribution in [2.24, 2.45) is 0 Å². The monoisotopic (exact) mass is 472 g/mol. The van der Waals surface area contributed by atoms with Gasteiger partial charge in [-0.05, 0) is 29.8 Å². The fourth-order valence-corrected chi connectivity index (χ4v) is 3.70. The van der Waals surface area contributed by atoms with Gasteiger partial charge in [0.1, 0.15) is 18.5 Å². The summed E-state index contributed by atoms with van der Waals surface area (Å²) >= 11 is 0. The third-order valence-corrected chi connectivity index (χ3v) is 5.47. The van der Waals surface area contributed by atoms with Crippen LogP contribution in [0.5, 0.6) is 5.75 Å². The maximum absolute atomic E-state index is 14.8. The molecule has 0 saturated carbocycles. The Hall–Kier alpha value is -3.79. The zero-order valence-corrected chi connectivity index (χ0v) is 18.2. The van der Waals surface area contributed by atoms with Gasteiger partial charge in [-0.3, -0.25) is 13.9 Å². The summed E-state index contributed by atoms with van der Waals surface area (Å²) in [6, 6.07) is 14.8. The number of hydrogen-bond donors (Lipinski definition) is 0. The van der Waals surface area contributed by atoms with E-state index in [1.54, 1.807) is 54.6 Å². The van der Waals surface area contributed by atoms with Crippen molar-refractivity contribution in [3.8, 4) is 5.75 Å². The number of esters is 1. The van der Waals surface area contributed by atoms with Crippen molar-refractivity contribution in [2.75, 3.05) is 13.7 Å². The predicted octanol–water partition coefficient (Wildman–Crippen LogP) is 2.69. The Balaban J connectivity index is 1.51. The lowest BCUT2D eigenvalue weighted by atomic mass is 10.2. The molecule has 1 fully saturated rings. The summed E-state index contributed by atoms with van der Waals surface area (Å²) in [5, 5.41) is 0. The summed E-state index contributed by atoms with van der Waals surface area (Å²) in [6.07, 6.45) is -3.51. The van der Waals surface area contributed by atoms with E-state index < -0.39 is 41.5 Å². The highest BCUT2D eigenvalue weighted by Crippen LogP contribution is 2.30. The second kappa shape index (κ2) is 10.0. The maximum Gasteiger partial charge on any atom is 0.338 e. The SMILES string of the molecule is COc1ccc(Cn2c(=O)c(F)cn([C@H]3O[C@@H](COC(=O)c4ccccc4)CC3F)c2=O)cc1. The first-order valence-corrected chi connectivity index (χ1v) is 10.5. The number of alkyl halides is 1. The summed E-state index contributed by atoms with van der Waals surface area (Å²) in [4.78, 5) is 37.4. The predicted molar refractivity (Wildman–Crippen MR) is 117 cm³/mol. The van der Waals surface area contributed by atoms with Gasteiger partial charge in [-0.15, -0.1) is 0 Å². The van der Waals surface area contributed by atoms with Crippen LogP contribution >= 0.6 is 0 Å². The number of hydrogen-bond acceptors (Lipinski definition) is 6. The summed E-state index contributed by atoms with van der Waals surface area (Å²) < 4.78 is 46.4. The molecule has 1 aromatic heterocycles. The molecule has 3 aromatic rings. The number of carbonyl (C=O) groups is 1. The van der Waals surface area contributed by atoms with Crippen molar-refractivity contribution >= 4 is 5.97 Å². The van der Waals surface area contributed by atoms with Gasteiger partial charge in [0.05, 0.1) is 31.5 Å². The minimum Gasteiger partial charge on any atom is -0.497 e. The van der Waals surface area contributed by atoms with Crippen LogP contribution in [0.3, 0.4) is 0 Å². The molecule has 2 aromatic carbocycles. The van der Waals surface area contributed by atoms with Gasteiger partial charge in [0, 0.05) is 6.42 Å². The van der Waals surface area contributed by atoms with Crippen LogP contribution < -0.4 is 16.0 Å². The summed E-state index contributed by atoms with van der Waals surface area (Å²) in [7, 11) is 1.50. The third kappa shape index (κ3) is 4.91. The average molecular weight is 472 g/mol. The van der Waals surface area contributed by atoms with E-state index >= 15 is 0 Å². The minimum atomic E-state index is -1.68. The molecule has 34 heavy (non-hydrogen) atoms. The van der Waals surface area contributed by atoms with E-state index in [4.69, 9.17) is 14.2 Å². The first-order chi connectivity index (χ1) is 16.4. The first-order valence-electron chi connectivity index (χ1n) is 10.5. The molecule has 1 unspecified atom stereocenters. The van der Waals surface area contributed by atoms with E-state index in [1.165, 1.54) is 7.11 Å². The zero-order valence-electron chi connectivity index (χ0n) is 18.2. The van der Waals surface area contributed by atoms with E-state index in [0.717, 1.165) is 4.57 Å². The number of nitrogens with zero attached hydrogens (tertiary/aromatic N) is 2. The Bertz CT molecular complexity index is 1270. The van der Waals surface area contributed by atoms with E-state index in [9.17, 15) is 23.2 Å². The first kappa shape index (κ1) is 23.4. The van der Waals surface area contributed by atoms with Crippen LogP contribution in [0.25, 0.3) is 0 Å². The van der Waals surface area contributed by atoms with E-state index in [2.05, 4.69) is 0 Å². The minimum absolute atomic E-state index is 0.168. The Labute approximate surface area is 192 Å². The van der Waals surface area contributed by atoms with Gasteiger partial charge in [0.15, 0.2) is 6.23 Å². The number of benzene rings is 2. The molecule has 8 nitrogen and oxygen atoms in total. The van der Waals surface area contributed by atoms with Gasteiger partial charge in [-0.2, -0.15) is 4.39 Å². The number of aromatic nitrogens is 2. The van der Waals surface area contributed by atoms with Gasteiger partial charge in [0.2, 0.25) is 5.82 Å². The molecule has 0 N–H and O–H groups in total. The van der Waals surface area contributed by atoms with Gasteiger partial charge in [-0.25, -0.2) is 14.0 Å². The Morgan fingerprint density at radius 1 is 1.12 bits per heavy atom. The molecule has 4 rings (SSSR count). The smallest absolute Gasteiger partial charge is 0.338 e. The van der Waals surface area contributed by atoms with Gasteiger partial charge >= 0.3 is 11.7 Å². The van der Waals surface area contributed by atoms with Gasteiger partial charge in [-0.1, -0.05) is 30.3 Å². The molecule has 3 atom stereocenters. The van der Waals surface area contributed by atoms with Crippen LogP contribution in [0.2, 0.25) is 0 Å². The summed E-state index contributed by atoms with van der Waals surface area (Å²) in [5.74, 6) is -1.24. The molecule has 0 spiro atoms. The van der Waals surface area contributed by atoms with Gasteiger partial charge in [0.25, 0.3) is 5.56 Å². The van der Waals surface area contributed by atoms with Crippen molar-refractivity contribution in [2.45, 2.75) is 31.5 Å². The second-order valence-corrected chi connectivity index (χ2v) is 7.77. The number of ether oxygens (including phenoxy) is 3. The lowest BCUT2D eigenvalue weighted by Gasteiger charge is -2.18. The van der Waals surface area contributed by atoms with Crippen LogP contribution in [-0.4, -0.2) is 41.1 Å². The number of carbonyl (C=O) groups excluding carboxylic acids is 1. The molecule has 1 aliphatic rings. The standard InChI is InChI=1S/C24H22F2N2O6/c1-32-17-9-7-15(8-10-17)12-27-21(29)20(26)13-28(24(27)31)22-19(25)11-18(34-22)14-33-23(30)16-5-3-2-4-6-16/h2-10,13,18-19,22H,11-12,14H2,1H3/t18-,19?,22+/m1/s1. The van der Waals surface area contributed by atoms with E-state index in [1.807, 2.05) is 0 Å². The largest absolute Gasteiger partial charge is 0.497 e. The highest BCUT2D eigenvalue weighted by molar-refractivity contribution is 5.89. The quantitative estimate of drug-likeness (QED) is 0.492. The van der Waals surface area contributed by atoms with Crippen molar-refractivity contribution < 1.29 is 27.8 Å². The fraction of sp³-hybridized carbons (Fsp3) is 0.292. The molecule has 178 valence electrons. The molecule has 2 heterocycles. The molecule has 0 amide bonds. The lowest BCUT2D eigenvalue weighted by molar-refractivity contribution is -0.0466. The van der Waals surface area contributed by atoms with E-state index in [-0.39, 0.29) is 19.6 Å². The van der Waals surface area contributed by atoms with E-state index in [0.29, 0.717) is 27.6 Å². The summed E-state index contributed by atoms with van der Waals surface area (Å²) in [5.41, 5.74) is -1.17. The fourth-order valence-electron chi connectivity index (χ4n) is 3.70. The topological polar surface area (TPSA) is 88.8 Å². The molecule has 10 heteroatoms. The van der Waals surface area contributed by atoms with Crippen molar-refractivity contribution in [3.05, 3.63) is 98.6 Å². The lowest BCUT2D eigenvalue weighted by Crippen LogP contribution is -2.43. The maximum atomic E-state index is 14.8. The molecular formula is C24H22F2N2O6. The third-order valence-electron chi connectivity index (χ3n) is 5.47. The van der Waals surface area contributed by atoms with Crippen LogP contribution in [0.1, 0.15) is 28.6 Å². The Morgan fingerprint density at radius 2 is 1.82 bits per heavy atom. The van der Waals surface area contributed by atoms with Crippen LogP contribution in [0.4, 0.5) is 8.78 Å². The number of rotatable bonds is 7. The average Bonchev–Trinajstić information content (AvgIpc) is 3.23. The van der Waals surface area contributed by atoms with Gasteiger partial charge < -0.3 is 14.2 Å². The Kier molecular flexibility index (Phi) is 6.87. The summed E-state index contributed by atoms with van der Waals surface area (Å²) in [6.45, 7) is -0.464. The zero-order chi connectivity index (χ0) is 24.2. The van der Waals surface area contributed by atoms with Crippen molar-refractivity contribution in [3.63, 3.8) is 0 Å².